The van der Waals surface area contributed by atoms with E-state index in [9.17, 15) is 8.42 Å². The van der Waals surface area contributed by atoms with Gasteiger partial charge in [0, 0.05) is 25.7 Å². The van der Waals surface area contributed by atoms with E-state index < -0.39 is 10.2 Å². The highest BCUT2D eigenvalue weighted by Crippen LogP contribution is 2.24. The van der Waals surface area contributed by atoms with Crippen molar-refractivity contribution in [2.24, 2.45) is 11.7 Å². The molecule has 2 fully saturated rings. The van der Waals surface area contributed by atoms with Crippen molar-refractivity contribution in [2.45, 2.75) is 38.8 Å². The Labute approximate surface area is 116 Å². The van der Waals surface area contributed by atoms with Crippen LogP contribution in [0.5, 0.6) is 0 Å². The van der Waals surface area contributed by atoms with Gasteiger partial charge in [-0.15, -0.1) is 0 Å². The number of hydrogen-bond donors (Lipinski definition) is 1. The SMILES string of the molecule is CC1CN(S(=O)(=O)N2CCCC(CN)C2)C(C)CO1. The molecule has 0 radical (unpaired) electrons. The maximum absolute atomic E-state index is 12.7. The molecule has 2 aliphatic heterocycles. The number of morpholine rings is 1. The molecule has 2 heterocycles. The number of rotatable bonds is 3. The topological polar surface area (TPSA) is 75.9 Å². The first kappa shape index (κ1) is 15.2. The molecule has 7 heteroatoms. The molecule has 0 aliphatic carbocycles. The van der Waals surface area contributed by atoms with Crippen molar-refractivity contribution in [3.05, 3.63) is 0 Å². The Bertz CT molecular complexity index is 401. The molecule has 0 amide bonds. The van der Waals surface area contributed by atoms with E-state index in [0.29, 0.717) is 32.8 Å². The van der Waals surface area contributed by atoms with Crippen molar-refractivity contribution in [2.75, 3.05) is 32.8 Å². The average molecular weight is 291 g/mol. The zero-order valence-electron chi connectivity index (χ0n) is 11.8. The van der Waals surface area contributed by atoms with Gasteiger partial charge in [0.2, 0.25) is 0 Å². The predicted octanol–water partition coefficient (Wildman–Crippen LogP) is 0.0111. The lowest BCUT2D eigenvalue weighted by atomic mass is 10.0. The summed E-state index contributed by atoms with van der Waals surface area (Å²) in [6.45, 7) is 6.43. The lowest BCUT2D eigenvalue weighted by Gasteiger charge is -2.40. The van der Waals surface area contributed by atoms with Crippen LogP contribution in [-0.4, -0.2) is 62.0 Å². The maximum atomic E-state index is 12.7. The number of nitrogens with two attached hydrogens (primary N) is 1. The van der Waals surface area contributed by atoms with Crippen LogP contribution >= 0.6 is 0 Å². The van der Waals surface area contributed by atoms with Gasteiger partial charge in [0.05, 0.1) is 12.7 Å². The van der Waals surface area contributed by atoms with Gasteiger partial charge in [0.1, 0.15) is 0 Å². The van der Waals surface area contributed by atoms with Crippen LogP contribution in [0.25, 0.3) is 0 Å². The fraction of sp³-hybridized carbons (Fsp3) is 1.00. The number of nitrogens with zero attached hydrogens (tertiary/aromatic N) is 2. The molecule has 2 rings (SSSR count). The molecular formula is C12H25N3O3S. The summed E-state index contributed by atoms with van der Waals surface area (Å²) < 4.78 is 34.1. The first-order valence-electron chi connectivity index (χ1n) is 7.03. The smallest absolute Gasteiger partial charge is 0.282 e. The zero-order chi connectivity index (χ0) is 14.0. The Balaban J connectivity index is 2.12. The minimum absolute atomic E-state index is 0.0407. The average Bonchev–Trinajstić information content (AvgIpc) is 2.41. The van der Waals surface area contributed by atoms with Crippen LogP contribution in [0.3, 0.4) is 0 Å². The van der Waals surface area contributed by atoms with E-state index in [0.717, 1.165) is 12.8 Å². The van der Waals surface area contributed by atoms with Gasteiger partial charge in [-0.25, -0.2) is 0 Å². The summed E-state index contributed by atoms with van der Waals surface area (Å²) in [5, 5.41) is 0. The van der Waals surface area contributed by atoms with E-state index in [4.69, 9.17) is 10.5 Å². The van der Waals surface area contributed by atoms with Crippen molar-refractivity contribution in [3.8, 4) is 0 Å². The van der Waals surface area contributed by atoms with Crippen molar-refractivity contribution in [3.63, 3.8) is 0 Å². The number of ether oxygens (including phenoxy) is 1. The predicted molar refractivity (Wildman–Crippen MR) is 73.9 cm³/mol. The molecule has 19 heavy (non-hydrogen) atoms. The second-order valence-electron chi connectivity index (χ2n) is 5.67. The molecule has 6 nitrogen and oxygen atoms in total. The summed E-state index contributed by atoms with van der Waals surface area (Å²) in [7, 11) is -3.38. The van der Waals surface area contributed by atoms with Gasteiger partial charge in [-0.3, -0.25) is 0 Å². The van der Waals surface area contributed by atoms with E-state index in [2.05, 4.69) is 0 Å². The summed E-state index contributed by atoms with van der Waals surface area (Å²) in [5.41, 5.74) is 5.68. The Morgan fingerprint density at radius 1 is 1.32 bits per heavy atom. The molecular weight excluding hydrogens is 266 g/mol. The molecule has 0 aromatic rings. The van der Waals surface area contributed by atoms with Gasteiger partial charge in [0.25, 0.3) is 10.2 Å². The molecule has 2 saturated heterocycles. The quantitative estimate of drug-likeness (QED) is 0.795. The Morgan fingerprint density at radius 2 is 2.05 bits per heavy atom. The maximum Gasteiger partial charge on any atom is 0.282 e. The second kappa shape index (κ2) is 6.05. The standard InChI is InChI=1S/C12H25N3O3S/c1-10-9-18-11(2)7-15(10)19(16,17)14-5-3-4-12(6-13)8-14/h10-12H,3-9,13H2,1-2H3. The van der Waals surface area contributed by atoms with Crippen LogP contribution in [0.1, 0.15) is 26.7 Å². The number of piperidine rings is 1. The van der Waals surface area contributed by atoms with Gasteiger partial charge in [-0.2, -0.15) is 17.0 Å². The Morgan fingerprint density at radius 3 is 2.74 bits per heavy atom. The van der Waals surface area contributed by atoms with Crippen LogP contribution in [0.4, 0.5) is 0 Å². The summed E-state index contributed by atoms with van der Waals surface area (Å²) in [6, 6.07) is -0.0977. The third-order valence-corrected chi connectivity index (χ3v) is 6.07. The fourth-order valence-electron chi connectivity index (χ4n) is 2.77. The minimum Gasteiger partial charge on any atom is -0.375 e. The van der Waals surface area contributed by atoms with Gasteiger partial charge in [-0.05, 0) is 39.2 Å². The Hall–Kier alpha value is -0.210. The van der Waals surface area contributed by atoms with Crippen molar-refractivity contribution in [1.82, 2.24) is 8.61 Å². The summed E-state index contributed by atoms with van der Waals surface area (Å²) in [4.78, 5) is 0. The Kier molecular flexibility index (Phi) is 4.84. The molecule has 112 valence electrons. The molecule has 3 atom stereocenters. The first-order chi connectivity index (χ1) is 8.95. The van der Waals surface area contributed by atoms with Crippen LogP contribution in [-0.2, 0) is 14.9 Å². The van der Waals surface area contributed by atoms with Crippen molar-refractivity contribution < 1.29 is 13.2 Å². The molecule has 0 bridgehead atoms. The van der Waals surface area contributed by atoms with Crippen LogP contribution in [0.2, 0.25) is 0 Å². The lowest BCUT2D eigenvalue weighted by molar-refractivity contribution is -0.0195. The molecule has 0 aromatic carbocycles. The molecule has 3 unspecified atom stereocenters. The van der Waals surface area contributed by atoms with Gasteiger partial charge >= 0.3 is 0 Å². The van der Waals surface area contributed by atoms with Crippen LogP contribution < -0.4 is 5.73 Å². The highest BCUT2D eigenvalue weighted by molar-refractivity contribution is 7.86. The van der Waals surface area contributed by atoms with E-state index in [1.807, 2.05) is 13.8 Å². The van der Waals surface area contributed by atoms with E-state index in [1.54, 1.807) is 8.61 Å². The molecule has 0 aromatic heterocycles. The highest BCUT2D eigenvalue weighted by Gasteiger charge is 2.38. The van der Waals surface area contributed by atoms with Gasteiger partial charge < -0.3 is 10.5 Å². The summed E-state index contributed by atoms with van der Waals surface area (Å²) in [6.07, 6.45) is 1.88. The van der Waals surface area contributed by atoms with E-state index in [1.165, 1.54) is 0 Å². The summed E-state index contributed by atoms with van der Waals surface area (Å²) in [5.74, 6) is 0.289. The van der Waals surface area contributed by atoms with Crippen LogP contribution in [0.15, 0.2) is 0 Å². The van der Waals surface area contributed by atoms with Crippen molar-refractivity contribution in [1.29, 1.82) is 0 Å². The molecule has 2 aliphatic rings. The normalized spacial score (nSPS) is 35.4. The van der Waals surface area contributed by atoms with E-state index >= 15 is 0 Å². The minimum atomic E-state index is -3.38. The third-order valence-electron chi connectivity index (χ3n) is 3.99. The number of hydrogen-bond acceptors (Lipinski definition) is 4. The molecule has 2 N–H and O–H groups in total. The molecule has 0 saturated carbocycles. The second-order valence-corrected chi connectivity index (χ2v) is 7.55. The molecule has 0 spiro atoms. The summed E-state index contributed by atoms with van der Waals surface area (Å²) >= 11 is 0. The largest absolute Gasteiger partial charge is 0.375 e. The monoisotopic (exact) mass is 291 g/mol. The van der Waals surface area contributed by atoms with E-state index in [-0.39, 0.29) is 18.1 Å². The first-order valence-corrected chi connectivity index (χ1v) is 8.43. The third kappa shape index (κ3) is 3.28. The lowest BCUT2D eigenvalue weighted by Crippen LogP contribution is -2.56. The fourth-order valence-corrected chi connectivity index (χ4v) is 4.74. The van der Waals surface area contributed by atoms with Crippen LogP contribution in [0, 0.1) is 5.92 Å². The highest BCUT2D eigenvalue weighted by atomic mass is 32.2. The van der Waals surface area contributed by atoms with Gasteiger partial charge in [-0.1, -0.05) is 0 Å². The zero-order valence-corrected chi connectivity index (χ0v) is 12.6. The van der Waals surface area contributed by atoms with Crippen molar-refractivity contribution >= 4 is 10.2 Å². The van der Waals surface area contributed by atoms with Gasteiger partial charge in [0.15, 0.2) is 0 Å².